The van der Waals surface area contributed by atoms with E-state index in [0.717, 1.165) is 6.42 Å². The van der Waals surface area contributed by atoms with E-state index in [1.54, 1.807) is 48.1 Å². The van der Waals surface area contributed by atoms with Crippen LogP contribution in [0.5, 0.6) is 0 Å². The fourth-order valence-electron chi connectivity index (χ4n) is 2.32. The molecule has 1 aromatic heterocycles. The second-order valence-corrected chi connectivity index (χ2v) is 6.25. The van der Waals surface area contributed by atoms with Crippen LogP contribution >= 0.6 is 23.2 Å². The van der Waals surface area contributed by atoms with Gasteiger partial charge in [0.25, 0.3) is 5.91 Å². The molecule has 0 saturated carbocycles. The molecule has 0 fully saturated rings. The highest BCUT2D eigenvalue weighted by Crippen LogP contribution is 2.25. The summed E-state index contributed by atoms with van der Waals surface area (Å²) in [6, 6.07) is 8.35. The van der Waals surface area contributed by atoms with Crippen LogP contribution in [0.4, 0.5) is 5.69 Å². The van der Waals surface area contributed by atoms with Crippen LogP contribution in [0.15, 0.2) is 36.5 Å². The molecule has 0 bridgehead atoms. The Morgan fingerprint density at radius 3 is 2.62 bits per heavy atom. The van der Waals surface area contributed by atoms with Gasteiger partial charge in [-0.05, 0) is 36.8 Å². The second-order valence-electron chi connectivity index (χ2n) is 5.40. The van der Waals surface area contributed by atoms with Gasteiger partial charge < -0.3 is 14.8 Å². The van der Waals surface area contributed by atoms with Crippen molar-refractivity contribution < 1.29 is 9.59 Å². The number of nitrogens with one attached hydrogen (secondary N) is 1. The van der Waals surface area contributed by atoms with Gasteiger partial charge in [-0.15, -0.1) is 0 Å². The summed E-state index contributed by atoms with van der Waals surface area (Å²) in [4.78, 5) is 26.4. The highest BCUT2D eigenvalue weighted by atomic mass is 35.5. The number of aromatic nitrogens is 1. The molecule has 7 heteroatoms. The maximum Gasteiger partial charge on any atom is 0.270 e. The van der Waals surface area contributed by atoms with Crippen molar-refractivity contribution in [2.75, 3.05) is 18.4 Å². The zero-order chi connectivity index (χ0) is 17.7. The molecule has 1 heterocycles. The highest BCUT2D eigenvalue weighted by molar-refractivity contribution is 6.35. The summed E-state index contributed by atoms with van der Waals surface area (Å²) in [5.74, 6) is -0.508. The first kappa shape index (κ1) is 18.4. The molecule has 0 aliphatic rings. The van der Waals surface area contributed by atoms with E-state index < -0.39 is 0 Å². The number of anilines is 1. The van der Waals surface area contributed by atoms with E-state index in [0.29, 0.717) is 28.0 Å². The van der Waals surface area contributed by atoms with Gasteiger partial charge in [-0.25, -0.2) is 0 Å². The first-order valence-electron chi connectivity index (χ1n) is 7.58. The number of carbonyl (C=O) groups excluding carboxylic acids is 2. The van der Waals surface area contributed by atoms with Gasteiger partial charge in [-0.3, -0.25) is 9.59 Å². The minimum Gasteiger partial charge on any atom is -0.347 e. The Balaban J connectivity index is 2.09. The van der Waals surface area contributed by atoms with Gasteiger partial charge in [0.05, 0.1) is 10.7 Å². The van der Waals surface area contributed by atoms with Crippen molar-refractivity contribution in [3.05, 3.63) is 52.3 Å². The number of hydrogen-bond acceptors (Lipinski definition) is 2. The lowest BCUT2D eigenvalue weighted by Crippen LogP contribution is -2.39. The molecule has 0 radical (unpaired) electrons. The predicted octanol–water partition coefficient (Wildman–Crippen LogP) is 3.82. The number of carbonyl (C=O) groups is 2. The molecular formula is C17H19Cl2N3O2. The molecule has 1 N–H and O–H groups in total. The molecule has 0 unspecified atom stereocenters. The van der Waals surface area contributed by atoms with Crippen molar-refractivity contribution in [1.29, 1.82) is 0 Å². The lowest BCUT2D eigenvalue weighted by Gasteiger charge is -2.22. The zero-order valence-electron chi connectivity index (χ0n) is 13.6. The molecule has 0 aliphatic heterocycles. The first-order chi connectivity index (χ1) is 11.4. The third-order valence-electron chi connectivity index (χ3n) is 3.48. The number of benzene rings is 1. The van der Waals surface area contributed by atoms with E-state index in [2.05, 4.69) is 5.32 Å². The SMILES string of the molecule is CCCN(CC(=O)Nc1cc(Cl)ccc1Cl)C(=O)c1cccn1C. The number of amides is 2. The Morgan fingerprint density at radius 1 is 1.25 bits per heavy atom. The van der Waals surface area contributed by atoms with Crippen LogP contribution in [0, 0.1) is 0 Å². The monoisotopic (exact) mass is 367 g/mol. The Kier molecular flexibility index (Phi) is 6.29. The summed E-state index contributed by atoms with van der Waals surface area (Å²) in [5, 5.41) is 3.56. The van der Waals surface area contributed by atoms with Crippen LogP contribution in [0.3, 0.4) is 0 Å². The number of halogens is 2. The van der Waals surface area contributed by atoms with Crippen LogP contribution < -0.4 is 5.32 Å². The van der Waals surface area contributed by atoms with Gasteiger partial charge in [-0.1, -0.05) is 30.1 Å². The second kappa shape index (κ2) is 8.22. The summed E-state index contributed by atoms with van der Waals surface area (Å²) in [6.07, 6.45) is 2.55. The highest BCUT2D eigenvalue weighted by Gasteiger charge is 2.20. The van der Waals surface area contributed by atoms with E-state index >= 15 is 0 Å². The minimum atomic E-state index is -0.324. The average Bonchev–Trinajstić information content (AvgIpc) is 2.96. The molecule has 0 spiro atoms. The standard InChI is InChI=1S/C17H19Cl2N3O2/c1-3-8-22(17(24)15-5-4-9-21(15)2)11-16(23)20-14-10-12(18)6-7-13(14)19/h4-7,9-10H,3,8,11H2,1-2H3,(H,20,23). The van der Waals surface area contributed by atoms with Crippen LogP contribution in [0.1, 0.15) is 23.8 Å². The van der Waals surface area contributed by atoms with Crippen molar-refractivity contribution in [1.82, 2.24) is 9.47 Å². The molecule has 0 aliphatic carbocycles. The minimum absolute atomic E-state index is 0.0549. The van der Waals surface area contributed by atoms with E-state index in [4.69, 9.17) is 23.2 Å². The molecule has 2 amide bonds. The maximum atomic E-state index is 12.6. The van der Waals surface area contributed by atoms with Crippen molar-refractivity contribution in [3.8, 4) is 0 Å². The Labute approximate surface area is 151 Å². The quantitative estimate of drug-likeness (QED) is 0.843. The van der Waals surface area contributed by atoms with Crippen LogP contribution in [-0.4, -0.2) is 34.4 Å². The average molecular weight is 368 g/mol. The molecule has 5 nitrogen and oxygen atoms in total. The number of aryl methyl sites for hydroxylation is 1. The molecule has 24 heavy (non-hydrogen) atoms. The predicted molar refractivity (Wildman–Crippen MR) is 96.7 cm³/mol. The smallest absolute Gasteiger partial charge is 0.270 e. The van der Waals surface area contributed by atoms with E-state index in [-0.39, 0.29) is 18.4 Å². The number of rotatable bonds is 6. The van der Waals surface area contributed by atoms with Gasteiger partial charge in [-0.2, -0.15) is 0 Å². The molecule has 0 saturated heterocycles. The van der Waals surface area contributed by atoms with Crippen LogP contribution in [0.25, 0.3) is 0 Å². The molecule has 0 atom stereocenters. The van der Waals surface area contributed by atoms with E-state index in [9.17, 15) is 9.59 Å². The Hall–Kier alpha value is -1.98. The normalized spacial score (nSPS) is 10.5. The van der Waals surface area contributed by atoms with E-state index in [1.807, 2.05) is 6.92 Å². The summed E-state index contributed by atoms with van der Waals surface area (Å²) >= 11 is 12.0. The summed E-state index contributed by atoms with van der Waals surface area (Å²) in [7, 11) is 1.79. The van der Waals surface area contributed by atoms with Crippen molar-refractivity contribution in [2.24, 2.45) is 7.05 Å². The Morgan fingerprint density at radius 2 is 2.00 bits per heavy atom. The summed E-state index contributed by atoms with van der Waals surface area (Å²) < 4.78 is 1.73. The summed E-state index contributed by atoms with van der Waals surface area (Å²) in [5.41, 5.74) is 0.967. The molecule has 2 rings (SSSR count). The third-order valence-corrected chi connectivity index (χ3v) is 4.05. The van der Waals surface area contributed by atoms with Crippen molar-refractivity contribution >= 4 is 40.7 Å². The summed E-state index contributed by atoms with van der Waals surface area (Å²) in [6.45, 7) is 2.39. The van der Waals surface area contributed by atoms with Gasteiger partial charge in [0.2, 0.25) is 5.91 Å². The van der Waals surface area contributed by atoms with Crippen molar-refractivity contribution in [3.63, 3.8) is 0 Å². The van der Waals surface area contributed by atoms with Crippen molar-refractivity contribution in [2.45, 2.75) is 13.3 Å². The van der Waals surface area contributed by atoms with Gasteiger partial charge in [0.15, 0.2) is 0 Å². The van der Waals surface area contributed by atoms with Gasteiger partial charge in [0.1, 0.15) is 12.2 Å². The van der Waals surface area contributed by atoms with Crippen LogP contribution in [0.2, 0.25) is 10.0 Å². The third kappa shape index (κ3) is 4.52. The fourth-order valence-corrected chi connectivity index (χ4v) is 2.66. The largest absolute Gasteiger partial charge is 0.347 e. The maximum absolute atomic E-state index is 12.6. The lowest BCUT2D eigenvalue weighted by molar-refractivity contribution is -0.116. The number of nitrogens with zero attached hydrogens (tertiary/aromatic N) is 2. The fraction of sp³-hybridized carbons (Fsp3) is 0.294. The van der Waals surface area contributed by atoms with Gasteiger partial charge in [0, 0.05) is 24.8 Å². The Bertz CT molecular complexity index is 743. The van der Waals surface area contributed by atoms with E-state index in [1.165, 1.54) is 4.90 Å². The molecular weight excluding hydrogens is 349 g/mol. The first-order valence-corrected chi connectivity index (χ1v) is 8.33. The lowest BCUT2D eigenvalue weighted by atomic mass is 10.3. The van der Waals surface area contributed by atoms with Gasteiger partial charge >= 0.3 is 0 Å². The molecule has 128 valence electrons. The number of hydrogen-bond donors (Lipinski definition) is 1. The van der Waals surface area contributed by atoms with Crippen LogP contribution in [-0.2, 0) is 11.8 Å². The zero-order valence-corrected chi connectivity index (χ0v) is 15.1. The topological polar surface area (TPSA) is 54.3 Å². The molecule has 1 aromatic carbocycles. The molecule has 2 aromatic rings.